The molecule has 1 saturated heterocycles. The summed E-state index contributed by atoms with van der Waals surface area (Å²) in [5.74, 6) is 0.901. The minimum absolute atomic E-state index is 0.0570. The van der Waals surface area contributed by atoms with Gasteiger partial charge in [0.25, 0.3) is 0 Å². The number of rotatable bonds is 5. The molecule has 1 fully saturated rings. The lowest BCUT2D eigenvalue weighted by molar-refractivity contribution is 0.0265. The van der Waals surface area contributed by atoms with E-state index in [9.17, 15) is 0 Å². The van der Waals surface area contributed by atoms with E-state index in [2.05, 4.69) is 23.1 Å². The predicted molar refractivity (Wildman–Crippen MR) is 88.2 cm³/mol. The van der Waals surface area contributed by atoms with Crippen molar-refractivity contribution in [3.05, 3.63) is 64.7 Å². The van der Waals surface area contributed by atoms with Gasteiger partial charge in [-0.2, -0.15) is 0 Å². The molecule has 0 aromatic heterocycles. The summed E-state index contributed by atoms with van der Waals surface area (Å²) >= 11 is 5.95. The summed E-state index contributed by atoms with van der Waals surface area (Å²) in [5, 5.41) is 0.764. The molecule has 3 rings (SSSR count). The van der Waals surface area contributed by atoms with Gasteiger partial charge in [0.2, 0.25) is 0 Å². The molecule has 0 saturated carbocycles. The van der Waals surface area contributed by atoms with Crippen LogP contribution in [0.5, 0.6) is 5.75 Å². The molecule has 3 nitrogen and oxygen atoms in total. The molecule has 1 aliphatic rings. The fraction of sp³-hybridized carbons (Fsp3) is 0.333. The van der Waals surface area contributed by atoms with Gasteiger partial charge in [0.15, 0.2) is 0 Å². The van der Waals surface area contributed by atoms with Gasteiger partial charge < -0.3 is 9.47 Å². The van der Waals surface area contributed by atoms with Crippen LogP contribution in [-0.2, 0) is 11.3 Å². The SMILES string of the molecule is CCOc1ccccc1C1OCCN1Cc1ccc(Cl)cc1. The fourth-order valence-electron chi connectivity index (χ4n) is 2.75. The third-order valence-electron chi connectivity index (χ3n) is 3.77. The van der Waals surface area contributed by atoms with Crippen LogP contribution in [0.1, 0.15) is 24.3 Å². The van der Waals surface area contributed by atoms with Crippen molar-refractivity contribution in [3.63, 3.8) is 0 Å². The van der Waals surface area contributed by atoms with Crippen molar-refractivity contribution in [3.8, 4) is 5.75 Å². The van der Waals surface area contributed by atoms with Gasteiger partial charge in [-0.05, 0) is 30.7 Å². The lowest BCUT2D eigenvalue weighted by atomic mass is 10.1. The fourth-order valence-corrected chi connectivity index (χ4v) is 2.87. The van der Waals surface area contributed by atoms with Crippen molar-refractivity contribution in [1.29, 1.82) is 0 Å². The molecule has 116 valence electrons. The number of ether oxygens (including phenoxy) is 2. The Hall–Kier alpha value is -1.55. The Bertz CT molecular complexity index is 615. The number of halogens is 1. The Morgan fingerprint density at radius 2 is 1.95 bits per heavy atom. The highest BCUT2D eigenvalue weighted by Crippen LogP contribution is 2.34. The highest BCUT2D eigenvalue weighted by Gasteiger charge is 2.29. The molecule has 0 bridgehead atoms. The van der Waals surface area contributed by atoms with Crippen molar-refractivity contribution in [2.75, 3.05) is 19.8 Å². The second-order valence-electron chi connectivity index (χ2n) is 5.29. The molecule has 22 heavy (non-hydrogen) atoms. The van der Waals surface area contributed by atoms with Gasteiger partial charge in [-0.15, -0.1) is 0 Å². The summed E-state index contributed by atoms with van der Waals surface area (Å²) in [6, 6.07) is 16.1. The number of benzene rings is 2. The van der Waals surface area contributed by atoms with E-state index in [1.54, 1.807) is 0 Å². The zero-order valence-corrected chi connectivity index (χ0v) is 13.4. The monoisotopic (exact) mass is 317 g/mol. The summed E-state index contributed by atoms with van der Waals surface area (Å²) in [6.45, 7) is 5.13. The Morgan fingerprint density at radius 1 is 1.18 bits per heavy atom. The van der Waals surface area contributed by atoms with E-state index in [-0.39, 0.29) is 6.23 Å². The van der Waals surface area contributed by atoms with Crippen LogP contribution >= 0.6 is 11.6 Å². The van der Waals surface area contributed by atoms with Crippen LogP contribution in [0.2, 0.25) is 5.02 Å². The molecule has 0 spiro atoms. The molecule has 1 aliphatic heterocycles. The third kappa shape index (κ3) is 3.43. The maximum Gasteiger partial charge on any atom is 0.140 e. The summed E-state index contributed by atoms with van der Waals surface area (Å²) in [5.41, 5.74) is 2.32. The van der Waals surface area contributed by atoms with Crippen molar-refractivity contribution in [2.24, 2.45) is 0 Å². The van der Waals surface area contributed by atoms with E-state index in [0.717, 1.165) is 36.0 Å². The van der Waals surface area contributed by atoms with Gasteiger partial charge in [0, 0.05) is 23.7 Å². The first-order valence-electron chi connectivity index (χ1n) is 7.59. The molecule has 1 heterocycles. The Balaban J connectivity index is 1.79. The second kappa shape index (κ2) is 7.14. The molecule has 0 N–H and O–H groups in total. The van der Waals surface area contributed by atoms with Crippen molar-refractivity contribution < 1.29 is 9.47 Å². The van der Waals surface area contributed by atoms with Gasteiger partial charge in [0.1, 0.15) is 12.0 Å². The highest BCUT2D eigenvalue weighted by molar-refractivity contribution is 6.30. The van der Waals surface area contributed by atoms with Crippen LogP contribution in [-0.4, -0.2) is 24.7 Å². The first kappa shape index (κ1) is 15.3. The lowest BCUT2D eigenvalue weighted by Crippen LogP contribution is -2.24. The van der Waals surface area contributed by atoms with Crippen molar-refractivity contribution in [1.82, 2.24) is 4.90 Å². The van der Waals surface area contributed by atoms with Gasteiger partial charge >= 0.3 is 0 Å². The molecular weight excluding hydrogens is 298 g/mol. The molecule has 1 atom stereocenters. The smallest absolute Gasteiger partial charge is 0.140 e. The molecule has 1 unspecified atom stereocenters. The van der Waals surface area contributed by atoms with Crippen LogP contribution in [0.25, 0.3) is 0 Å². The van der Waals surface area contributed by atoms with Gasteiger partial charge in [-0.25, -0.2) is 0 Å². The van der Waals surface area contributed by atoms with Gasteiger partial charge in [-0.1, -0.05) is 41.9 Å². The number of para-hydroxylation sites is 1. The lowest BCUT2D eigenvalue weighted by Gasteiger charge is -2.25. The third-order valence-corrected chi connectivity index (χ3v) is 4.02. The zero-order chi connectivity index (χ0) is 15.4. The summed E-state index contributed by atoms with van der Waals surface area (Å²) in [4.78, 5) is 2.32. The van der Waals surface area contributed by atoms with Crippen molar-refractivity contribution >= 4 is 11.6 Å². The Labute approximate surface area is 136 Å². The first-order chi connectivity index (χ1) is 10.8. The van der Waals surface area contributed by atoms with Gasteiger partial charge in [0.05, 0.1) is 13.2 Å². The average molecular weight is 318 g/mol. The standard InChI is InChI=1S/C18H20ClNO2/c1-2-21-17-6-4-3-5-16(17)18-20(11-12-22-18)13-14-7-9-15(19)10-8-14/h3-10,18H,2,11-13H2,1H3. The topological polar surface area (TPSA) is 21.7 Å². The summed E-state index contributed by atoms with van der Waals surface area (Å²) in [6.07, 6.45) is -0.0570. The normalized spacial score (nSPS) is 18.5. The van der Waals surface area contributed by atoms with E-state index in [1.165, 1.54) is 5.56 Å². The van der Waals surface area contributed by atoms with Crippen LogP contribution in [0, 0.1) is 0 Å². The predicted octanol–water partition coefficient (Wildman–Crippen LogP) is 4.27. The summed E-state index contributed by atoms with van der Waals surface area (Å²) in [7, 11) is 0. The maximum atomic E-state index is 5.95. The molecule has 0 amide bonds. The van der Waals surface area contributed by atoms with Crippen LogP contribution in [0.4, 0.5) is 0 Å². The van der Waals surface area contributed by atoms with E-state index >= 15 is 0 Å². The molecule has 4 heteroatoms. The number of hydrogen-bond donors (Lipinski definition) is 0. The van der Waals surface area contributed by atoms with Crippen LogP contribution in [0.3, 0.4) is 0 Å². The van der Waals surface area contributed by atoms with Gasteiger partial charge in [-0.3, -0.25) is 4.90 Å². The highest BCUT2D eigenvalue weighted by atomic mass is 35.5. The quantitative estimate of drug-likeness (QED) is 0.822. The van der Waals surface area contributed by atoms with E-state index in [4.69, 9.17) is 21.1 Å². The minimum atomic E-state index is -0.0570. The zero-order valence-electron chi connectivity index (χ0n) is 12.7. The molecule has 0 aliphatic carbocycles. The summed E-state index contributed by atoms with van der Waals surface area (Å²) < 4.78 is 11.7. The number of nitrogens with zero attached hydrogens (tertiary/aromatic N) is 1. The average Bonchev–Trinajstić information content (AvgIpc) is 2.98. The van der Waals surface area contributed by atoms with Crippen LogP contribution in [0.15, 0.2) is 48.5 Å². The second-order valence-corrected chi connectivity index (χ2v) is 5.73. The van der Waals surface area contributed by atoms with E-state index < -0.39 is 0 Å². The largest absolute Gasteiger partial charge is 0.493 e. The molecule has 0 radical (unpaired) electrons. The molecule has 2 aromatic carbocycles. The Kier molecular flexibility index (Phi) is 4.98. The van der Waals surface area contributed by atoms with Crippen LogP contribution < -0.4 is 4.74 Å². The first-order valence-corrected chi connectivity index (χ1v) is 7.97. The number of hydrogen-bond acceptors (Lipinski definition) is 3. The van der Waals surface area contributed by atoms with E-state index in [0.29, 0.717) is 6.61 Å². The van der Waals surface area contributed by atoms with E-state index in [1.807, 2.05) is 37.3 Å². The molecule has 2 aromatic rings. The maximum absolute atomic E-state index is 5.95. The molecular formula is C18H20ClNO2. The Morgan fingerprint density at radius 3 is 2.73 bits per heavy atom. The minimum Gasteiger partial charge on any atom is -0.493 e. The van der Waals surface area contributed by atoms with Crippen molar-refractivity contribution in [2.45, 2.75) is 19.7 Å².